The van der Waals surface area contributed by atoms with Gasteiger partial charge in [0.2, 0.25) is 0 Å². The average Bonchev–Trinajstić information content (AvgIpc) is 3.58. The first-order chi connectivity index (χ1) is 24.3. The minimum absolute atomic E-state index is 0.606. The van der Waals surface area contributed by atoms with Crippen LogP contribution >= 0.6 is 0 Å². The summed E-state index contributed by atoms with van der Waals surface area (Å²) in [4.78, 5) is 14.9. The lowest BCUT2D eigenvalue weighted by atomic mass is 9.97. The van der Waals surface area contributed by atoms with E-state index in [1.807, 2.05) is 78.9 Å². The van der Waals surface area contributed by atoms with E-state index in [0.717, 1.165) is 49.8 Å². The average molecular weight is 628 g/mol. The van der Waals surface area contributed by atoms with Gasteiger partial charge in [-0.25, -0.2) is 15.0 Å². The predicted octanol–water partition coefficient (Wildman–Crippen LogP) is 11.8. The molecule has 0 bridgehead atoms. The summed E-state index contributed by atoms with van der Waals surface area (Å²) in [5.41, 5.74) is 11.3. The number of benzene rings is 7. The molecule has 4 heteroatoms. The maximum absolute atomic E-state index is 6.63. The van der Waals surface area contributed by atoms with Crippen molar-refractivity contribution in [3.05, 3.63) is 176 Å². The lowest BCUT2D eigenvalue weighted by Gasteiger charge is -2.09. The first-order valence-electron chi connectivity index (χ1n) is 16.4. The number of nitrogens with zero attached hydrogens (tertiary/aromatic N) is 3. The van der Waals surface area contributed by atoms with Crippen LogP contribution in [0.2, 0.25) is 0 Å². The van der Waals surface area contributed by atoms with Crippen molar-refractivity contribution in [3.8, 4) is 67.5 Å². The van der Waals surface area contributed by atoms with Crippen LogP contribution in [0.15, 0.2) is 180 Å². The van der Waals surface area contributed by atoms with Gasteiger partial charge in [-0.15, -0.1) is 0 Å². The zero-order chi connectivity index (χ0) is 32.6. The van der Waals surface area contributed by atoms with E-state index in [1.54, 1.807) is 0 Å². The van der Waals surface area contributed by atoms with Crippen LogP contribution in [0.3, 0.4) is 0 Å². The maximum Gasteiger partial charge on any atom is 0.164 e. The third kappa shape index (κ3) is 5.35. The van der Waals surface area contributed by atoms with Crippen LogP contribution in [-0.4, -0.2) is 15.0 Å². The molecule has 0 aliphatic rings. The van der Waals surface area contributed by atoms with Crippen LogP contribution in [0, 0.1) is 0 Å². The lowest BCUT2D eigenvalue weighted by Crippen LogP contribution is -2.00. The molecule has 0 atom stereocenters. The summed E-state index contributed by atoms with van der Waals surface area (Å²) < 4.78 is 6.63. The van der Waals surface area contributed by atoms with E-state index in [9.17, 15) is 0 Å². The smallest absolute Gasteiger partial charge is 0.164 e. The van der Waals surface area contributed by atoms with Gasteiger partial charge in [0.05, 0.1) is 0 Å². The Hall–Kier alpha value is -6.65. The third-order valence-electron chi connectivity index (χ3n) is 8.98. The second-order valence-corrected chi connectivity index (χ2v) is 12.0. The van der Waals surface area contributed by atoms with Gasteiger partial charge in [0.25, 0.3) is 0 Å². The van der Waals surface area contributed by atoms with Gasteiger partial charge in [0.1, 0.15) is 11.2 Å². The normalized spacial score (nSPS) is 11.3. The Kier molecular flexibility index (Phi) is 7.10. The topological polar surface area (TPSA) is 51.8 Å². The Morgan fingerprint density at radius 1 is 0.306 bits per heavy atom. The van der Waals surface area contributed by atoms with Crippen LogP contribution in [-0.2, 0) is 0 Å². The van der Waals surface area contributed by atoms with Crippen molar-refractivity contribution in [3.63, 3.8) is 0 Å². The molecule has 230 valence electrons. The van der Waals surface area contributed by atoms with Gasteiger partial charge in [-0.05, 0) is 33.9 Å². The highest BCUT2D eigenvalue weighted by Crippen LogP contribution is 2.40. The molecule has 0 unspecified atom stereocenters. The van der Waals surface area contributed by atoms with Gasteiger partial charge in [-0.3, -0.25) is 0 Å². The number of hydrogen-bond donors (Lipinski definition) is 0. The summed E-state index contributed by atoms with van der Waals surface area (Å²) in [6.07, 6.45) is 0. The standard InChI is InChI=1S/C45H29N3O/c1-4-12-30(13-5-1)31-22-24-32(25-23-31)33-26-28-34(29-27-33)37-18-10-19-38-41-39(20-11-21-40(41)49-42(37)38)45-47-43(35-14-6-2-7-15-35)46-44(48-45)36-16-8-3-9-17-36/h1-29H. The number of fused-ring (bicyclic) bond motifs is 3. The molecule has 0 spiro atoms. The third-order valence-corrected chi connectivity index (χ3v) is 8.98. The van der Waals surface area contributed by atoms with Crippen molar-refractivity contribution in [2.75, 3.05) is 0 Å². The number of para-hydroxylation sites is 1. The van der Waals surface area contributed by atoms with E-state index in [-0.39, 0.29) is 0 Å². The summed E-state index contributed by atoms with van der Waals surface area (Å²) in [5.74, 6) is 1.86. The van der Waals surface area contributed by atoms with Crippen LogP contribution in [0.1, 0.15) is 0 Å². The second kappa shape index (κ2) is 12.2. The monoisotopic (exact) mass is 627 g/mol. The molecule has 9 aromatic rings. The quantitative estimate of drug-likeness (QED) is 0.184. The molecule has 7 aromatic carbocycles. The van der Waals surface area contributed by atoms with Gasteiger partial charge in [0.15, 0.2) is 17.5 Å². The van der Waals surface area contributed by atoms with Crippen molar-refractivity contribution in [1.82, 2.24) is 15.0 Å². The molecule has 0 aliphatic carbocycles. The van der Waals surface area contributed by atoms with Crippen molar-refractivity contribution >= 4 is 21.9 Å². The number of furan rings is 1. The zero-order valence-corrected chi connectivity index (χ0v) is 26.5. The van der Waals surface area contributed by atoms with Gasteiger partial charge in [-0.2, -0.15) is 0 Å². The molecule has 0 amide bonds. The molecule has 2 heterocycles. The van der Waals surface area contributed by atoms with E-state index in [1.165, 1.54) is 22.3 Å². The summed E-state index contributed by atoms with van der Waals surface area (Å²) in [6.45, 7) is 0. The molecule has 0 saturated carbocycles. The highest BCUT2D eigenvalue weighted by atomic mass is 16.3. The Balaban J connectivity index is 1.13. The Morgan fingerprint density at radius 2 is 0.735 bits per heavy atom. The second-order valence-electron chi connectivity index (χ2n) is 12.0. The Labute approximate surface area is 284 Å². The summed E-state index contributed by atoms with van der Waals surface area (Å²) in [6, 6.07) is 60.4. The molecule has 0 radical (unpaired) electrons. The van der Waals surface area contributed by atoms with Crippen molar-refractivity contribution in [1.29, 1.82) is 0 Å². The van der Waals surface area contributed by atoms with Crippen LogP contribution < -0.4 is 0 Å². The fourth-order valence-corrected chi connectivity index (χ4v) is 6.52. The number of aromatic nitrogens is 3. The van der Waals surface area contributed by atoms with Crippen molar-refractivity contribution in [2.45, 2.75) is 0 Å². The predicted molar refractivity (Wildman–Crippen MR) is 200 cm³/mol. The molecule has 2 aromatic heterocycles. The Morgan fingerprint density at radius 3 is 1.29 bits per heavy atom. The molecule has 0 fully saturated rings. The number of hydrogen-bond acceptors (Lipinski definition) is 4. The van der Waals surface area contributed by atoms with Crippen LogP contribution in [0.5, 0.6) is 0 Å². The van der Waals surface area contributed by atoms with E-state index >= 15 is 0 Å². The van der Waals surface area contributed by atoms with Gasteiger partial charge in [-0.1, -0.05) is 170 Å². The van der Waals surface area contributed by atoms with Gasteiger partial charge < -0.3 is 4.42 Å². The van der Waals surface area contributed by atoms with Gasteiger partial charge in [0, 0.05) is 33.0 Å². The van der Waals surface area contributed by atoms with E-state index in [2.05, 4.69) is 97.1 Å². The molecule has 0 N–H and O–H groups in total. The highest BCUT2D eigenvalue weighted by Gasteiger charge is 2.19. The lowest BCUT2D eigenvalue weighted by molar-refractivity contribution is 0.670. The first kappa shape index (κ1) is 28.6. The van der Waals surface area contributed by atoms with E-state index in [4.69, 9.17) is 19.4 Å². The zero-order valence-electron chi connectivity index (χ0n) is 26.5. The summed E-state index contributed by atoms with van der Waals surface area (Å²) >= 11 is 0. The molecule has 9 rings (SSSR count). The fraction of sp³-hybridized carbons (Fsp3) is 0. The van der Waals surface area contributed by atoms with Crippen LogP contribution in [0.4, 0.5) is 0 Å². The first-order valence-corrected chi connectivity index (χ1v) is 16.4. The summed E-state index contributed by atoms with van der Waals surface area (Å²) in [5, 5.41) is 2.00. The molecular formula is C45H29N3O. The number of rotatable bonds is 6. The molecule has 0 aliphatic heterocycles. The molecule has 4 nitrogen and oxygen atoms in total. The Bertz CT molecular complexity index is 2500. The van der Waals surface area contributed by atoms with E-state index < -0.39 is 0 Å². The van der Waals surface area contributed by atoms with Crippen LogP contribution in [0.25, 0.3) is 89.5 Å². The summed E-state index contributed by atoms with van der Waals surface area (Å²) in [7, 11) is 0. The minimum atomic E-state index is 0.606. The SMILES string of the molecule is c1ccc(-c2ccc(-c3ccc(-c4cccc5c4oc4cccc(-c6nc(-c7ccccc7)nc(-c7ccccc7)n6)c45)cc3)cc2)cc1. The highest BCUT2D eigenvalue weighted by molar-refractivity contribution is 6.15. The van der Waals surface area contributed by atoms with Crippen molar-refractivity contribution in [2.24, 2.45) is 0 Å². The van der Waals surface area contributed by atoms with Crippen molar-refractivity contribution < 1.29 is 4.42 Å². The maximum atomic E-state index is 6.63. The molecule has 0 saturated heterocycles. The molecular weight excluding hydrogens is 599 g/mol. The fourth-order valence-electron chi connectivity index (χ4n) is 6.52. The minimum Gasteiger partial charge on any atom is -0.455 e. The largest absolute Gasteiger partial charge is 0.455 e. The van der Waals surface area contributed by atoms with Gasteiger partial charge >= 0.3 is 0 Å². The molecule has 49 heavy (non-hydrogen) atoms. The van der Waals surface area contributed by atoms with E-state index in [0.29, 0.717) is 17.5 Å².